The molecule has 82 valence electrons. The van der Waals surface area contributed by atoms with Gasteiger partial charge >= 0.3 is 5.97 Å². The normalized spacial score (nSPS) is 10.1. The first-order valence-electron chi connectivity index (χ1n) is 4.49. The van der Waals surface area contributed by atoms with E-state index in [4.69, 9.17) is 0 Å². The molecule has 0 spiro atoms. The van der Waals surface area contributed by atoms with E-state index in [1.807, 2.05) is 0 Å². The van der Waals surface area contributed by atoms with Crippen molar-refractivity contribution >= 4 is 21.9 Å². The van der Waals surface area contributed by atoms with E-state index >= 15 is 0 Å². The zero-order valence-electron chi connectivity index (χ0n) is 8.64. The quantitative estimate of drug-likeness (QED) is 0.626. The Morgan fingerprint density at radius 1 is 1.53 bits per heavy atom. The lowest BCUT2D eigenvalue weighted by molar-refractivity contribution is -0.139. The van der Waals surface area contributed by atoms with Gasteiger partial charge in [-0.15, -0.1) is 0 Å². The Hall–Kier alpha value is -0.900. The summed E-state index contributed by atoms with van der Waals surface area (Å²) in [6.45, 7) is 1.68. The maximum Gasteiger partial charge on any atom is 0.310 e. The molecule has 0 N–H and O–H groups in total. The van der Waals surface area contributed by atoms with Crippen LogP contribution in [0.2, 0.25) is 0 Å². The van der Waals surface area contributed by atoms with Crippen molar-refractivity contribution in [3.05, 3.63) is 34.6 Å². The summed E-state index contributed by atoms with van der Waals surface area (Å²) >= 11 is 3.30. The van der Waals surface area contributed by atoms with E-state index < -0.39 is 5.97 Å². The summed E-state index contributed by atoms with van der Waals surface area (Å²) in [6, 6.07) is 3.43. The summed E-state index contributed by atoms with van der Waals surface area (Å²) in [5.41, 5.74) is 1.88. The first-order valence-corrected chi connectivity index (χ1v) is 5.61. The average molecular weight is 275 g/mol. The summed E-state index contributed by atoms with van der Waals surface area (Å²) in [6.07, 6.45) is -0.0238. The maximum absolute atomic E-state index is 13.6. The Labute approximate surface area is 96.6 Å². The van der Waals surface area contributed by atoms with Gasteiger partial charge in [-0.1, -0.05) is 28.1 Å². The highest BCUT2D eigenvalue weighted by Gasteiger charge is 2.11. The molecule has 0 fully saturated rings. The van der Waals surface area contributed by atoms with Gasteiger partial charge in [-0.25, -0.2) is 4.39 Å². The first kappa shape index (κ1) is 12.2. The van der Waals surface area contributed by atoms with Crippen molar-refractivity contribution in [2.24, 2.45) is 0 Å². The molecule has 0 aliphatic carbocycles. The standard InChI is InChI=1S/C11H12BrFO2/c1-7-3-8(6-12)4-9(11(7)13)5-10(14)15-2/h3-4H,5-6H2,1-2H3. The van der Waals surface area contributed by atoms with Gasteiger partial charge in [0.2, 0.25) is 0 Å². The molecule has 0 radical (unpaired) electrons. The second-order valence-electron chi connectivity index (χ2n) is 3.27. The average Bonchev–Trinajstić information content (AvgIpc) is 2.24. The second-order valence-corrected chi connectivity index (χ2v) is 3.83. The minimum absolute atomic E-state index is 0.0238. The number of hydrogen-bond donors (Lipinski definition) is 0. The van der Waals surface area contributed by atoms with Crippen LogP contribution in [0.3, 0.4) is 0 Å². The number of benzene rings is 1. The molecule has 0 saturated carbocycles. The lowest BCUT2D eigenvalue weighted by atomic mass is 10.0. The number of halogens is 2. The fourth-order valence-electron chi connectivity index (χ4n) is 1.36. The predicted octanol–water partition coefficient (Wildman–Crippen LogP) is 2.74. The van der Waals surface area contributed by atoms with Crippen molar-refractivity contribution in [2.45, 2.75) is 18.7 Å². The van der Waals surface area contributed by atoms with Crippen LogP contribution in [0.4, 0.5) is 4.39 Å². The van der Waals surface area contributed by atoms with E-state index in [0.29, 0.717) is 16.5 Å². The minimum Gasteiger partial charge on any atom is -0.469 e. The summed E-state index contributed by atoms with van der Waals surface area (Å²) in [5.74, 6) is -0.759. The fourth-order valence-corrected chi connectivity index (χ4v) is 1.68. The molecule has 0 atom stereocenters. The lowest BCUT2D eigenvalue weighted by Gasteiger charge is -2.07. The van der Waals surface area contributed by atoms with Crippen LogP contribution in [0.15, 0.2) is 12.1 Å². The van der Waals surface area contributed by atoms with Crippen molar-refractivity contribution in [1.29, 1.82) is 0 Å². The van der Waals surface area contributed by atoms with Crippen molar-refractivity contribution in [3.63, 3.8) is 0 Å². The molecule has 0 unspecified atom stereocenters. The predicted molar refractivity (Wildman–Crippen MR) is 59.5 cm³/mol. The molecule has 4 heteroatoms. The number of hydrogen-bond acceptors (Lipinski definition) is 2. The molecule has 0 saturated heterocycles. The number of aryl methyl sites for hydroxylation is 1. The first-order chi connectivity index (χ1) is 7.08. The van der Waals surface area contributed by atoms with Crippen LogP contribution in [-0.2, 0) is 21.3 Å². The van der Waals surface area contributed by atoms with E-state index in [9.17, 15) is 9.18 Å². The summed E-state index contributed by atoms with van der Waals surface area (Å²) < 4.78 is 18.1. The molecule has 0 heterocycles. The van der Waals surface area contributed by atoms with Gasteiger partial charge in [0.15, 0.2) is 0 Å². The molecule has 0 aromatic heterocycles. The van der Waals surface area contributed by atoms with Crippen LogP contribution >= 0.6 is 15.9 Å². The van der Waals surface area contributed by atoms with Gasteiger partial charge in [0.1, 0.15) is 5.82 Å². The molecule has 0 amide bonds. The largest absolute Gasteiger partial charge is 0.469 e. The number of ether oxygens (including phenoxy) is 1. The van der Waals surface area contributed by atoms with Gasteiger partial charge in [0.25, 0.3) is 0 Å². The van der Waals surface area contributed by atoms with Crippen LogP contribution in [0.1, 0.15) is 16.7 Å². The van der Waals surface area contributed by atoms with Gasteiger partial charge in [-0.05, 0) is 23.6 Å². The van der Waals surface area contributed by atoms with Gasteiger partial charge < -0.3 is 4.74 Å². The smallest absolute Gasteiger partial charge is 0.310 e. The van der Waals surface area contributed by atoms with E-state index in [-0.39, 0.29) is 12.2 Å². The lowest BCUT2D eigenvalue weighted by Crippen LogP contribution is -2.07. The number of carbonyl (C=O) groups is 1. The zero-order chi connectivity index (χ0) is 11.4. The van der Waals surface area contributed by atoms with Crippen molar-refractivity contribution in [1.82, 2.24) is 0 Å². The van der Waals surface area contributed by atoms with E-state index in [2.05, 4.69) is 20.7 Å². The molecular weight excluding hydrogens is 263 g/mol. The molecule has 1 aromatic rings. The van der Waals surface area contributed by atoms with Gasteiger partial charge in [-0.2, -0.15) is 0 Å². The third-order valence-electron chi connectivity index (χ3n) is 2.11. The van der Waals surface area contributed by atoms with Gasteiger partial charge in [0.05, 0.1) is 13.5 Å². The van der Waals surface area contributed by atoms with Crippen molar-refractivity contribution < 1.29 is 13.9 Å². The highest BCUT2D eigenvalue weighted by atomic mass is 79.9. The SMILES string of the molecule is COC(=O)Cc1cc(CBr)cc(C)c1F. The Bertz CT molecular complexity index is 377. The fraction of sp³-hybridized carbons (Fsp3) is 0.364. The zero-order valence-corrected chi connectivity index (χ0v) is 10.2. The molecule has 15 heavy (non-hydrogen) atoms. The molecule has 1 rings (SSSR count). The number of alkyl halides is 1. The molecule has 0 aliphatic rings. The van der Waals surface area contributed by atoms with Gasteiger partial charge in [0, 0.05) is 5.33 Å². The third-order valence-corrected chi connectivity index (χ3v) is 2.75. The van der Waals surface area contributed by atoms with Crippen LogP contribution < -0.4 is 0 Å². The van der Waals surface area contributed by atoms with Crippen LogP contribution in [-0.4, -0.2) is 13.1 Å². The monoisotopic (exact) mass is 274 g/mol. The Morgan fingerprint density at radius 2 is 2.20 bits per heavy atom. The second kappa shape index (κ2) is 5.26. The molecule has 0 bridgehead atoms. The Kier molecular flexibility index (Phi) is 4.27. The molecule has 2 nitrogen and oxygen atoms in total. The molecule has 0 aliphatic heterocycles. The molecule has 1 aromatic carbocycles. The van der Waals surface area contributed by atoms with Crippen molar-refractivity contribution in [3.8, 4) is 0 Å². The van der Waals surface area contributed by atoms with Crippen LogP contribution in [0.25, 0.3) is 0 Å². The number of carbonyl (C=O) groups excluding carboxylic acids is 1. The summed E-state index contributed by atoms with van der Waals surface area (Å²) in [5, 5.41) is 0.641. The summed E-state index contributed by atoms with van der Waals surface area (Å²) in [4.78, 5) is 11.0. The number of methoxy groups -OCH3 is 1. The molecular formula is C11H12BrFO2. The number of rotatable bonds is 3. The van der Waals surface area contributed by atoms with Crippen molar-refractivity contribution in [2.75, 3.05) is 7.11 Å². The number of esters is 1. The highest BCUT2D eigenvalue weighted by Crippen LogP contribution is 2.18. The topological polar surface area (TPSA) is 26.3 Å². The van der Waals surface area contributed by atoms with Crippen LogP contribution in [0.5, 0.6) is 0 Å². The summed E-state index contributed by atoms with van der Waals surface area (Å²) in [7, 11) is 1.29. The van der Waals surface area contributed by atoms with Gasteiger partial charge in [-0.3, -0.25) is 4.79 Å². The van der Waals surface area contributed by atoms with E-state index in [1.165, 1.54) is 7.11 Å². The van der Waals surface area contributed by atoms with Crippen LogP contribution in [0, 0.1) is 12.7 Å². The highest BCUT2D eigenvalue weighted by molar-refractivity contribution is 9.08. The minimum atomic E-state index is -0.431. The third kappa shape index (κ3) is 3.02. The van der Waals surface area contributed by atoms with E-state index in [0.717, 1.165) is 5.56 Å². The Balaban J connectivity index is 3.05. The van der Waals surface area contributed by atoms with E-state index in [1.54, 1.807) is 19.1 Å². The maximum atomic E-state index is 13.6. The Morgan fingerprint density at radius 3 is 2.73 bits per heavy atom.